The molecular weight excluding hydrogens is 309 g/mol. The maximum absolute atomic E-state index is 13.3. The van der Waals surface area contributed by atoms with Crippen LogP contribution in [-0.4, -0.2) is 41.5 Å². The number of piperazine rings is 1. The second-order valence-corrected chi connectivity index (χ2v) is 5.29. The number of nitrogens with one attached hydrogen (secondary N) is 2. The van der Waals surface area contributed by atoms with Gasteiger partial charge in [-0.3, -0.25) is 9.59 Å². The van der Waals surface area contributed by atoms with Crippen molar-refractivity contribution in [1.29, 1.82) is 0 Å². The van der Waals surface area contributed by atoms with Gasteiger partial charge < -0.3 is 15.2 Å². The first-order valence-corrected chi connectivity index (χ1v) is 6.90. The van der Waals surface area contributed by atoms with Gasteiger partial charge in [-0.1, -0.05) is 0 Å². The monoisotopic (exact) mass is 325 g/mol. The highest BCUT2D eigenvalue weighted by molar-refractivity contribution is 6.06. The zero-order valence-corrected chi connectivity index (χ0v) is 12.9. The molecule has 5 nitrogen and oxygen atoms in total. The molecule has 2 heterocycles. The fraction of sp³-hybridized carbons (Fsp3) is 0.333. The van der Waals surface area contributed by atoms with Gasteiger partial charge in [0, 0.05) is 37.1 Å². The summed E-state index contributed by atoms with van der Waals surface area (Å²) in [6, 6.07) is 5.40. The van der Waals surface area contributed by atoms with Crippen LogP contribution in [0.2, 0.25) is 0 Å². The van der Waals surface area contributed by atoms with E-state index in [0.717, 1.165) is 13.1 Å². The van der Waals surface area contributed by atoms with Gasteiger partial charge in [0.25, 0.3) is 5.91 Å². The molecule has 1 amide bonds. The maximum atomic E-state index is 13.3. The average Bonchev–Trinajstić information content (AvgIpc) is 2.45. The quantitative estimate of drug-likeness (QED) is 0.835. The first-order chi connectivity index (χ1) is 10.1. The summed E-state index contributed by atoms with van der Waals surface area (Å²) in [6.45, 7) is 4.00. The summed E-state index contributed by atoms with van der Waals surface area (Å²) in [5.74, 6) is -0.634. The summed E-state index contributed by atoms with van der Waals surface area (Å²) >= 11 is 0. The van der Waals surface area contributed by atoms with Gasteiger partial charge in [-0.15, -0.1) is 12.4 Å². The predicted molar refractivity (Wildman–Crippen MR) is 85.1 cm³/mol. The number of pyridine rings is 1. The van der Waals surface area contributed by atoms with E-state index < -0.39 is 11.4 Å². The fourth-order valence-electron chi connectivity index (χ4n) is 2.71. The van der Waals surface area contributed by atoms with E-state index in [1.807, 2.05) is 6.92 Å². The number of halogens is 2. The maximum Gasteiger partial charge on any atom is 0.255 e. The summed E-state index contributed by atoms with van der Waals surface area (Å²) in [5, 5.41) is 3.78. The summed E-state index contributed by atoms with van der Waals surface area (Å²) in [4.78, 5) is 28.7. The van der Waals surface area contributed by atoms with Crippen LogP contribution >= 0.6 is 12.4 Å². The summed E-state index contributed by atoms with van der Waals surface area (Å²) in [6.07, 6.45) is 0. The fourth-order valence-corrected chi connectivity index (χ4v) is 2.71. The topological polar surface area (TPSA) is 65.2 Å². The molecule has 0 spiro atoms. The third kappa shape index (κ3) is 2.98. The Hall–Kier alpha value is -1.92. The average molecular weight is 326 g/mol. The highest BCUT2D eigenvalue weighted by Crippen LogP contribution is 2.19. The molecule has 7 heteroatoms. The number of H-pyrrole nitrogens is 1. The van der Waals surface area contributed by atoms with Gasteiger partial charge >= 0.3 is 0 Å². The van der Waals surface area contributed by atoms with Gasteiger partial charge in [0.15, 0.2) is 0 Å². The van der Waals surface area contributed by atoms with Crippen LogP contribution in [0, 0.1) is 5.82 Å². The molecule has 118 valence electrons. The molecule has 1 atom stereocenters. The number of amides is 1. The van der Waals surface area contributed by atoms with Gasteiger partial charge in [-0.25, -0.2) is 4.39 Å². The summed E-state index contributed by atoms with van der Waals surface area (Å²) in [5.41, 5.74) is 0.260. The molecule has 1 saturated heterocycles. The van der Waals surface area contributed by atoms with Gasteiger partial charge in [0.2, 0.25) is 5.56 Å². The van der Waals surface area contributed by atoms with Crippen molar-refractivity contribution in [3.63, 3.8) is 0 Å². The van der Waals surface area contributed by atoms with Crippen molar-refractivity contribution in [2.45, 2.75) is 13.0 Å². The minimum absolute atomic E-state index is 0. The molecule has 22 heavy (non-hydrogen) atoms. The van der Waals surface area contributed by atoms with Crippen LogP contribution in [0.5, 0.6) is 0 Å². The second-order valence-electron chi connectivity index (χ2n) is 5.29. The number of carbonyl (C=O) groups is 1. The minimum atomic E-state index is -0.446. The Morgan fingerprint density at radius 1 is 1.36 bits per heavy atom. The van der Waals surface area contributed by atoms with Crippen molar-refractivity contribution in [3.8, 4) is 0 Å². The minimum Gasteiger partial charge on any atom is -0.333 e. The third-order valence-corrected chi connectivity index (χ3v) is 3.80. The molecule has 0 unspecified atom stereocenters. The Kier molecular flexibility index (Phi) is 4.83. The van der Waals surface area contributed by atoms with Crippen molar-refractivity contribution < 1.29 is 9.18 Å². The lowest BCUT2D eigenvalue weighted by molar-refractivity contribution is 0.0657. The lowest BCUT2D eigenvalue weighted by Crippen LogP contribution is -2.52. The van der Waals surface area contributed by atoms with E-state index >= 15 is 0 Å². The molecule has 0 radical (unpaired) electrons. The van der Waals surface area contributed by atoms with Crippen LogP contribution in [0.15, 0.2) is 29.1 Å². The molecule has 1 aliphatic rings. The smallest absolute Gasteiger partial charge is 0.255 e. The van der Waals surface area contributed by atoms with Crippen LogP contribution in [0.4, 0.5) is 4.39 Å². The van der Waals surface area contributed by atoms with E-state index in [0.29, 0.717) is 23.0 Å². The number of fused-ring (bicyclic) bond motifs is 1. The zero-order chi connectivity index (χ0) is 15.0. The first-order valence-electron chi connectivity index (χ1n) is 6.90. The molecule has 1 aliphatic heterocycles. The molecule has 1 aromatic carbocycles. The number of carbonyl (C=O) groups excluding carboxylic acids is 1. The van der Waals surface area contributed by atoms with Crippen LogP contribution in [-0.2, 0) is 0 Å². The van der Waals surface area contributed by atoms with Crippen LogP contribution < -0.4 is 10.9 Å². The second kappa shape index (κ2) is 6.46. The lowest BCUT2D eigenvalue weighted by atomic mass is 10.1. The molecule has 1 fully saturated rings. The van der Waals surface area contributed by atoms with Gasteiger partial charge in [-0.2, -0.15) is 0 Å². The standard InChI is InChI=1S/C15H16FN3O2.ClH/c1-9-8-17-4-5-19(9)15(21)12-7-14(20)18-13-6-10(16)2-3-11(12)13;/h2-3,6-7,9,17H,4-5,8H2,1H3,(H,18,20);1H/t9-;/m1./s1. The molecular formula is C15H17ClFN3O2. The number of rotatable bonds is 1. The third-order valence-electron chi connectivity index (χ3n) is 3.80. The van der Waals surface area contributed by atoms with Crippen molar-refractivity contribution >= 4 is 29.2 Å². The van der Waals surface area contributed by atoms with E-state index in [2.05, 4.69) is 10.3 Å². The number of aromatic nitrogens is 1. The van der Waals surface area contributed by atoms with E-state index in [4.69, 9.17) is 0 Å². The molecule has 0 saturated carbocycles. The molecule has 2 N–H and O–H groups in total. The summed E-state index contributed by atoms with van der Waals surface area (Å²) in [7, 11) is 0. The van der Waals surface area contributed by atoms with Gasteiger partial charge in [-0.05, 0) is 25.1 Å². The number of hydrogen-bond acceptors (Lipinski definition) is 3. The molecule has 1 aromatic heterocycles. The first kappa shape index (κ1) is 16.5. The Morgan fingerprint density at radius 2 is 2.14 bits per heavy atom. The van der Waals surface area contributed by atoms with Gasteiger partial charge in [0.1, 0.15) is 5.82 Å². The Balaban J connectivity index is 0.00000176. The predicted octanol–water partition coefficient (Wildman–Crippen LogP) is 1.52. The Bertz CT molecular complexity index is 762. The molecule has 3 rings (SSSR count). The Labute approximate surface area is 132 Å². The van der Waals surface area contributed by atoms with Crippen molar-refractivity contribution in [2.24, 2.45) is 0 Å². The number of benzene rings is 1. The molecule has 0 bridgehead atoms. The van der Waals surface area contributed by atoms with Crippen molar-refractivity contribution in [3.05, 3.63) is 46.0 Å². The van der Waals surface area contributed by atoms with Crippen molar-refractivity contribution in [2.75, 3.05) is 19.6 Å². The number of aromatic amines is 1. The Morgan fingerprint density at radius 3 is 2.86 bits per heavy atom. The number of nitrogens with zero attached hydrogens (tertiary/aromatic N) is 1. The van der Waals surface area contributed by atoms with Crippen LogP contribution in [0.3, 0.4) is 0 Å². The highest BCUT2D eigenvalue weighted by Gasteiger charge is 2.25. The van der Waals surface area contributed by atoms with Crippen molar-refractivity contribution in [1.82, 2.24) is 15.2 Å². The van der Waals surface area contributed by atoms with E-state index in [1.165, 1.54) is 24.3 Å². The SMILES string of the molecule is C[C@@H]1CNCCN1C(=O)c1cc(=O)[nH]c2cc(F)ccc12.Cl. The zero-order valence-electron chi connectivity index (χ0n) is 12.1. The van der Waals surface area contributed by atoms with Gasteiger partial charge in [0.05, 0.1) is 11.1 Å². The lowest BCUT2D eigenvalue weighted by Gasteiger charge is -2.34. The summed E-state index contributed by atoms with van der Waals surface area (Å²) < 4.78 is 13.3. The molecule has 0 aliphatic carbocycles. The van der Waals surface area contributed by atoms with E-state index in [1.54, 1.807) is 4.90 Å². The highest BCUT2D eigenvalue weighted by atomic mass is 35.5. The number of hydrogen-bond donors (Lipinski definition) is 2. The normalized spacial score (nSPS) is 18.1. The van der Waals surface area contributed by atoms with Crippen LogP contribution in [0.1, 0.15) is 17.3 Å². The molecule has 2 aromatic rings. The van der Waals surface area contributed by atoms with E-state index in [9.17, 15) is 14.0 Å². The van der Waals surface area contributed by atoms with E-state index in [-0.39, 0.29) is 24.4 Å². The largest absolute Gasteiger partial charge is 0.333 e. The van der Waals surface area contributed by atoms with Crippen LogP contribution in [0.25, 0.3) is 10.9 Å².